The van der Waals surface area contributed by atoms with Crippen molar-refractivity contribution in [2.75, 3.05) is 11.9 Å². The van der Waals surface area contributed by atoms with Crippen LogP contribution in [0.5, 0.6) is 0 Å². The summed E-state index contributed by atoms with van der Waals surface area (Å²) in [5, 5.41) is 13.2. The minimum absolute atomic E-state index is 0.291. The second-order valence-electron chi connectivity index (χ2n) is 4.90. The predicted molar refractivity (Wildman–Crippen MR) is 80.3 cm³/mol. The summed E-state index contributed by atoms with van der Waals surface area (Å²) >= 11 is 0. The molecule has 0 saturated carbocycles. The molecule has 0 aliphatic heterocycles. The van der Waals surface area contributed by atoms with Gasteiger partial charge in [-0.15, -0.1) is 0 Å². The quantitative estimate of drug-likeness (QED) is 0.836. The van der Waals surface area contributed by atoms with E-state index in [1.165, 1.54) is 17.7 Å². The normalized spacial score (nSPS) is 12.2. The largest absolute Gasteiger partial charge is 0.387 e. The maximum Gasteiger partial charge on any atom is 0.123 e. The Morgan fingerprint density at radius 2 is 1.70 bits per heavy atom. The average molecular weight is 273 g/mol. The van der Waals surface area contributed by atoms with Crippen molar-refractivity contribution >= 4 is 5.69 Å². The molecule has 3 heteroatoms. The van der Waals surface area contributed by atoms with E-state index < -0.39 is 6.10 Å². The van der Waals surface area contributed by atoms with Crippen LogP contribution >= 0.6 is 0 Å². The molecule has 2 rings (SSSR count). The number of aliphatic hydroxyl groups excluding tert-OH is 1. The summed E-state index contributed by atoms with van der Waals surface area (Å²) in [6.45, 7) is 2.56. The molecule has 106 valence electrons. The average Bonchev–Trinajstić information content (AvgIpc) is 2.47. The number of halogens is 1. The third-order valence-corrected chi connectivity index (χ3v) is 3.25. The van der Waals surface area contributed by atoms with Gasteiger partial charge in [-0.2, -0.15) is 0 Å². The fourth-order valence-corrected chi connectivity index (χ4v) is 2.10. The van der Waals surface area contributed by atoms with Crippen LogP contribution in [0.25, 0.3) is 0 Å². The zero-order valence-corrected chi connectivity index (χ0v) is 11.6. The summed E-state index contributed by atoms with van der Waals surface area (Å²) in [5.74, 6) is -0.291. The summed E-state index contributed by atoms with van der Waals surface area (Å²) in [4.78, 5) is 0. The Kier molecular flexibility index (Phi) is 5.13. The van der Waals surface area contributed by atoms with E-state index in [0.29, 0.717) is 12.1 Å². The summed E-state index contributed by atoms with van der Waals surface area (Å²) in [7, 11) is 0. The lowest BCUT2D eigenvalue weighted by Crippen LogP contribution is -2.12. The van der Waals surface area contributed by atoms with Crippen molar-refractivity contribution in [1.29, 1.82) is 0 Å². The Labute approximate surface area is 119 Å². The van der Waals surface area contributed by atoms with Crippen LogP contribution < -0.4 is 5.32 Å². The molecule has 2 N–H and O–H groups in total. The van der Waals surface area contributed by atoms with Gasteiger partial charge in [-0.3, -0.25) is 0 Å². The van der Waals surface area contributed by atoms with E-state index in [-0.39, 0.29) is 5.82 Å². The lowest BCUT2D eigenvalue weighted by molar-refractivity contribution is 0.191. The van der Waals surface area contributed by atoms with Gasteiger partial charge in [0.05, 0.1) is 6.10 Å². The molecule has 0 aliphatic rings. The van der Waals surface area contributed by atoms with Gasteiger partial charge in [-0.1, -0.05) is 37.6 Å². The first kappa shape index (κ1) is 14.5. The highest BCUT2D eigenvalue weighted by Gasteiger charge is 2.07. The molecule has 0 amide bonds. The van der Waals surface area contributed by atoms with Gasteiger partial charge in [0.15, 0.2) is 0 Å². The first-order valence-corrected chi connectivity index (χ1v) is 6.95. The molecule has 0 fully saturated rings. The van der Waals surface area contributed by atoms with Gasteiger partial charge in [-0.25, -0.2) is 4.39 Å². The molecule has 2 nitrogen and oxygen atoms in total. The smallest absolute Gasteiger partial charge is 0.123 e. The van der Waals surface area contributed by atoms with Crippen molar-refractivity contribution in [3.05, 3.63) is 65.5 Å². The van der Waals surface area contributed by atoms with Gasteiger partial charge in [0.1, 0.15) is 5.82 Å². The minimum atomic E-state index is -0.647. The standard InChI is InChI=1S/C17H20FNO/c1-2-3-13-4-10-16(11-5-13)19-12-17(20)14-6-8-15(18)9-7-14/h4-11,17,19-20H,2-3,12H2,1H3. The summed E-state index contributed by atoms with van der Waals surface area (Å²) in [6, 6.07) is 14.1. The van der Waals surface area contributed by atoms with Crippen molar-refractivity contribution in [3.8, 4) is 0 Å². The second-order valence-corrected chi connectivity index (χ2v) is 4.90. The van der Waals surface area contributed by atoms with E-state index in [1.54, 1.807) is 12.1 Å². The molecule has 2 aromatic rings. The molecule has 0 aliphatic carbocycles. The van der Waals surface area contributed by atoms with Crippen molar-refractivity contribution < 1.29 is 9.50 Å². The lowest BCUT2D eigenvalue weighted by atomic mass is 10.1. The predicted octanol–water partition coefficient (Wildman–Crippen LogP) is 3.92. The maximum absolute atomic E-state index is 12.8. The van der Waals surface area contributed by atoms with E-state index in [1.807, 2.05) is 12.1 Å². The zero-order chi connectivity index (χ0) is 14.4. The Morgan fingerprint density at radius 3 is 2.30 bits per heavy atom. The molecule has 0 saturated heterocycles. The number of hydrogen-bond donors (Lipinski definition) is 2. The van der Waals surface area contributed by atoms with Gasteiger partial charge in [0.25, 0.3) is 0 Å². The van der Waals surface area contributed by atoms with Gasteiger partial charge in [0, 0.05) is 12.2 Å². The number of aliphatic hydroxyl groups is 1. The third-order valence-electron chi connectivity index (χ3n) is 3.25. The van der Waals surface area contributed by atoms with Crippen LogP contribution in [0.1, 0.15) is 30.6 Å². The topological polar surface area (TPSA) is 32.3 Å². The number of rotatable bonds is 6. The van der Waals surface area contributed by atoms with Crippen LogP contribution in [0.2, 0.25) is 0 Å². The first-order chi connectivity index (χ1) is 9.69. The molecule has 1 atom stereocenters. The van der Waals surface area contributed by atoms with Crippen LogP contribution in [-0.4, -0.2) is 11.7 Å². The van der Waals surface area contributed by atoms with Crippen molar-refractivity contribution in [2.24, 2.45) is 0 Å². The molecule has 0 radical (unpaired) electrons. The van der Waals surface area contributed by atoms with Crippen LogP contribution in [0.15, 0.2) is 48.5 Å². The van der Waals surface area contributed by atoms with Gasteiger partial charge in [0.2, 0.25) is 0 Å². The van der Waals surface area contributed by atoms with E-state index >= 15 is 0 Å². The maximum atomic E-state index is 12.8. The van der Waals surface area contributed by atoms with Crippen LogP contribution in [0.4, 0.5) is 10.1 Å². The Morgan fingerprint density at radius 1 is 1.05 bits per heavy atom. The van der Waals surface area contributed by atoms with E-state index in [4.69, 9.17) is 0 Å². The van der Waals surface area contributed by atoms with Gasteiger partial charge >= 0.3 is 0 Å². The lowest BCUT2D eigenvalue weighted by Gasteiger charge is -2.13. The Balaban J connectivity index is 1.89. The number of anilines is 1. The first-order valence-electron chi connectivity index (χ1n) is 6.95. The zero-order valence-electron chi connectivity index (χ0n) is 11.6. The third kappa shape index (κ3) is 4.07. The fraction of sp³-hybridized carbons (Fsp3) is 0.294. The highest BCUT2D eigenvalue weighted by Crippen LogP contribution is 2.16. The monoisotopic (exact) mass is 273 g/mol. The van der Waals surface area contributed by atoms with Gasteiger partial charge in [-0.05, 0) is 41.8 Å². The Bertz CT molecular complexity index is 522. The Hall–Kier alpha value is -1.87. The molecule has 1 unspecified atom stereocenters. The number of nitrogens with one attached hydrogen (secondary N) is 1. The summed E-state index contributed by atoms with van der Waals surface area (Å²) in [5.41, 5.74) is 3.00. The van der Waals surface area contributed by atoms with Crippen molar-refractivity contribution in [1.82, 2.24) is 0 Å². The van der Waals surface area contributed by atoms with Crippen molar-refractivity contribution in [3.63, 3.8) is 0 Å². The fourth-order valence-electron chi connectivity index (χ4n) is 2.10. The van der Waals surface area contributed by atoms with Crippen LogP contribution in [0, 0.1) is 5.82 Å². The highest BCUT2D eigenvalue weighted by atomic mass is 19.1. The van der Waals surface area contributed by atoms with E-state index in [9.17, 15) is 9.50 Å². The summed E-state index contributed by atoms with van der Waals surface area (Å²) < 4.78 is 12.8. The SMILES string of the molecule is CCCc1ccc(NCC(O)c2ccc(F)cc2)cc1. The summed E-state index contributed by atoms with van der Waals surface area (Å²) in [6.07, 6.45) is 1.57. The van der Waals surface area contributed by atoms with E-state index in [0.717, 1.165) is 18.5 Å². The molecule has 0 spiro atoms. The number of hydrogen-bond acceptors (Lipinski definition) is 2. The molecule has 0 aromatic heterocycles. The van der Waals surface area contributed by atoms with Gasteiger partial charge < -0.3 is 10.4 Å². The molecule has 20 heavy (non-hydrogen) atoms. The molecular weight excluding hydrogens is 253 g/mol. The van der Waals surface area contributed by atoms with E-state index in [2.05, 4.69) is 24.4 Å². The molecule has 2 aromatic carbocycles. The number of aryl methyl sites for hydroxylation is 1. The van der Waals surface area contributed by atoms with Crippen LogP contribution in [-0.2, 0) is 6.42 Å². The highest BCUT2D eigenvalue weighted by molar-refractivity contribution is 5.45. The molecule has 0 bridgehead atoms. The number of benzene rings is 2. The van der Waals surface area contributed by atoms with Crippen molar-refractivity contribution in [2.45, 2.75) is 25.9 Å². The second kappa shape index (κ2) is 7.06. The minimum Gasteiger partial charge on any atom is -0.387 e. The van der Waals surface area contributed by atoms with Crippen LogP contribution in [0.3, 0.4) is 0 Å². The molecule has 0 heterocycles. The molecular formula is C17H20FNO.